The lowest BCUT2D eigenvalue weighted by atomic mass is 10.2. The van der Waals surface area contributed by atoms with Gasteiger partial charge >= 0.3 is 0 Å². The summed E-state index contributed by atoms with van der Waals surface area (Å²) in [5.41, 5.74) is 1.09. The van der Waals surface area contributed by atoms with E-state index in [-0.39, 0.29) is 10.8 Å². The molecule has 1 aliphatic rings. The smallest absolute Gasteiger partial charge is 0.256 e. The van der Waals surface area contributed by atoms with Crippen LogP contribution in [0.3, 0.4) is 0 Å². The third-order valence-corrected chi connectivity index (χ3v) is 5.94. The van der Waals surface area contributed by atoms with E-state index >= 15 is 0 Å². The van der Waals surface area contributed by atoms with Crippen molar-refractivity contribution in [2.24, 2.45) is 7.05 Å². The Kier molecular flexibility index (Phi) is 4.42. The molecule has 128 valence electrons. The zero-order valence-corrected chi connectivity index (χ0v) is 14.5. The predicted molar refractivity (Wildman–Crippen MR) is 90.3 cm³/mol. The minimum absolute atomic E-state index is 0.151. The summed E-state index contributed by atoms with van der Waals surface area (Å²) in [6, 6.07) is 7.89. The molecule has 2 heterocycles. The number of benzene rings is 1. The van der Waals surface area contributed by atoms with Gasteiger partial charge in [0.05, 0.1) is 10.6 Å². The number of aromatic nitrogens is 2. The Morgan fingerprint density at radius 3 is 2.54 bits per heavy atom. The van der Waals surface area contributed by atoms with E-state index in [2.05, 4.69) is 10.4 Å². The number of carbonyl (C=O) groups is 1. The number of hydrogen-bond acceptors (Lipinski definition) is 4. The molecule has 8 heteroatoms. The van der Waals surface area contributed by atoms with E-state index in [1.54, 1.807) is 29.9 Å². The lowest BCUT2D eigenvalue weighted by molar-refractivity contribution is 0.102. The Balaban J connectivity index is 1.84. The fourth-order valence-electron chi connectivity index (χ4n) is 2.79. The molecule has 0 atom stereocenters. The van der Waals surface area contributed by atoms with Crippen LogP contribution in [-0.2, 0) is 17.1 Å². The van der Waals surface area contributed by atoms with E-state index in [0.717, 1.165) is 18.5 Å². The average Bonchev–Trinajstić information content (AvgIpc) is 3.18. The maximum Gasteiger partial charge on any atom is 0.256 e. The number of carbonyl (C=O) groups excluding carboxylic acids is 1. The number of sulfonamides is 1. The highest BCUT2D eigenvalue weighted by Gasteiger charge is 2.27. The standard InChI is InChI=1S/C16H20N4O3S/c1-12-10-15(19(2)18-12)17-16(21)13-6-5-7-14(11-13)24(22,23)20-8-3-4-9-20/h5-7,10-11H,3-4,8-9H2,1-2H3,(H,17,21). The molecule has 1 amide bonds. The predicted octanol–water partition coefficient (Wildman–Crippen LogP) is 1.77. The number of rotatable bonds is 4. The molecule has 2 aromatic rings. The number of amides is 1. The molecule has 24 heavy (non-hydrogen) atoms. The summed E-state index contributed by atoms with van der Waals surface area (Å²) in [6.45, 7) is 2.90. The molecule has 7 nitrogen and oxygen atoms in total. The third kappa shape index (κ3) is 3.20. The largest absolute Gasteiger partial charge is 0.307 e. The molecule has 3 rings (SSSR count). The van der Waals surface area contributed by atoms with E-state index in [4.69, 9.17) is 0 Å². The fourth-order valence-corrected chi connectivity index (χ4v) is 4.35. The van der Waals surface area contributed by atoms with Crippen molar-refractivity contribution in [3.8, 4) is 0 Å². The normalized spacial score (nSPS) is 15.6. The Morgan fingerprint density at radius 1 is 1.21 bits per heavy atom. The Labute approximate surface area is 141 Å². The molecular weight excluding hydrogens is 328 g/mol. The average molecular weight is 348 g/mol. The van der Waals surface area contributed by atoms with Gasteiger partial charge in [0, 0.05) is 31.8 Å². The molecule has 0 spiro atoms. The highest BCUT2D eigenvalue weighted by atomic mass is 32.2. The van der Waals surface area contributed by atoms with Gasteiger partial charge in [0.2, 0.25) is 10.0 Å². The second kappa shape index (κ2) is 6.37. The SMILES string of the molecule is Cc1cc(NC(=O)c2cccc(S(=O)(=O)N3CCCC3)c2)n(C)n1. The van der Waals surface area contributed by atoms with Crippen LogP contribution in [0.25, 0.3) is 0 Å². The maximum atomic E-state index is 12.6. The molecule has 1 aromatic carbocycles. The Bertz CT molecular complexity index is 867. The first kappa shape index (κ1) is 16.7. The number of aryl methyl sites for hydroxylation is 2. The van der Waals surface area contributed by atoms with Crippen molar-refractivity contribution >= 4 is 21.7 Å². The van der Waals surface area contributed by atoms with E-state index in [1.165, 1.54) is 16.4 Å². The summed E-state index contributed by atoms with van der Waals surface area (Å²) in [6.07, 6.45) is 1.75. The number of hydrogen-bond donors (Lipinski definition) is 1. The summed E-state index contributed by atoms with van der Waals surface area (Å²) in [4.78, 5) is 12.6. The molecule has 0 unspecified atom stereocenters. The lowest BCUT2D eigenvalue weighted by Gasteiger charge is -2.16. The van der Waals surface area contributed by atoms with E-state index < -0.39 is 10.0 Å². The summed E-state index contributed by atoms with van der Waals surface area (Å²) in [7, 11) is -1.80. The van der Waals surface area contributed by atoms with Crippen LogP contribution in [0, 0.1) is 6.92 Å². The Morgan fingerprint density at radius 2 is 1.92 bits per heavy atom. The fraction of sp³-hybridized carbons (Fsp3) is 0.375. The minimum Gasteiger partial charge on any atom is -0.307 e. The first-order chi connectivity index (χ1) is 11.4. The summed E-state index contributed by atoms with van der Waals surface area (Å²) >= 11 is 0. The van der Waals surface area contributed by atoms with Gasteiger partial charge < -0.3 is 5.32 Å². The first-order valence-corrected chi connectivity index (χ1v) is 9.24. The zero-order chi connectivity index (χ0) is 17.3. The van der Waals surface area contributed by atoms with Crippen LogP contribution in [0.4, 0.5) is 5.82 Å². The molecule has 1 aromatic heterocycles. The van der Waals surface area contributed by atoms with Crippen LogP contribution in [0.2, 0.25) is 0 Å². The van der Waals surface area contributed by atoms with Crippen LogP contribution in [-0.4, -0.2) is 41.5 Å². The molecule has 0 aliphatic carbocycles. The second-order valence-corrected chi connectivity index (χ2v) is 7.83. The summed E-state index contributed by atoms with van der Waals surface area (Å²) in [5.74, 6) is 0.196. The van der Waals surface area contributed by atoms with Crippen LogP contribution < -0.4 is 5.32 Å². The van der Waals surface area contributed by atoms with E-state index in [1.807, 2.05) is 6.92 Å². The van der Waals surface area contributed by atoms with Crippen molar-refractivity contribution in [1.29, 1.82) is 0 Å². The van der Waals surface area contributed by atoms with Crippen LogP contribution in [0.15, 0.2) is 35.2 Å². The van der Waals surface area contributed by atoms with Gasteiger partial charge in [-0.05, 0) is 38.0 Å². The van der Waals surface area contributed by atoms with Gasteiger partial charge in [0.1, 0.15) is 5.82 Å². The van der Waals surface area contributed by atoms with E-state index in [9.17, 15) is 13.2 Å². The summed E-state index contributed by atoms with van der Waals surface area (Å²) < 4.78 is 28.2. The van der Waals surface area contributed by atoms with E-state index in [0.29, 0.717) is 24.5 Å². The van der Waals surface area contributed by atoms with Crippen molar-refractivity contribution in [2.45, 2.75) is 24.7 Å². The van der Waals surface area contributed by atoms with Crippen LogP contribution in [0.1, 0.15) is 28.9 Å². The van der Waals surface area contributed by atoms with Crippen molar-refractivity contribution < 1.29 is 13.2 Å². The van der Waals surface area contributed by atoms with Crippen LogP contribution in [0.5, 0.6) is 0 Å². The monoisotopic (exact) mass is 348 g/mol. The molecule has 1 N–H and O–H groups in total. The zero-order valence-electron chi connectivity index (χ0n) is 13.7. The lowest BCUT2D eigenvalue weighted by Crippen LogP contribution is -2.28. The van der Waals surface area contributed by atoms with Gasteiger partial charge in [0.25, 0.3) is 5.91 Å². The second-order valence-electron chi connectivity index (χ2n) is 5.89. The first-order valence-electron chi connectivity index (χ1n) is 7.80. The van der Waals surface area contributed by atoms with Crippen molar-refractivity contribution in [3.63, 3.8) is 0 Å². The quantitative estimate of drug-likeness (QED) is 0.912. The molecule has 1 aliphatic heterocycles. The van der Waals surface area contributed by atoms with Gasteiger partial charge in [-0.2, -0.15) is 9.40 Å². The number of nitrogens with zero attached hydrogens (tertiary/aromatic N) is 3. The Hall–Kier alpha value is -2.19. The van der Waals surface area contributed by atoms with Gasteiger partial charge in [-0.15, -0.1) is 0 Å². The molecule has 1 saturated heterocycles. The highest BCUT2D eigenvalue weighted by molar-refractivity contribution is 7.89. The minimum atomic E-state index is -3.54. The molecule has 0 saturated carbocycles. The highest BCUT2D eigenvalue weighted by Crippen LogP contribution is 2.22. The molecular formula is C16H20N4O3S. The van der Waals surface area contributed by atoms with Crippen LogP contribution >= 0.6 is 0 Å². The maximum absolute atomic E-state index is 12.6. The van der Waals surface area contributed by atoms with Crippen molar-refractivity contribution in [3.05, 3.63) is 41.6 Å². The van der Waals surface area contributed by atoms with Crippen molar-refractivity contribution in [2.75, 3.05) is 18.4 Å². The van der Waals surface area contributed by atoms with Crippen molar-refractivity contribution in [1.82, 2.24) is 14.1 Å². The topological polar surface area (TPSA) is 84.3 Å². The third-order valence-electron chi connectivity index (χ3n) is 4.04. The molecule has 0 radical (unpaired) electrons. The molecule has 1 fully saturated rings. The number of nitrogens with one attached hydrogen (secondary N) is 1. The molecule has 0 bridgehead atoms. The number of anilines is 1. The van der Waals surface area contributed by atoms with Gasteiger partial charge in [-0.1, -0.05) is 6.07 Å². The van der Waals surface area contributed by atoms with Gasteiger partial charge in [-0.3, -0.25) is 9.48 Å². The van der Waals surface area contributed by atoms with Gasteiger partial charge in [-0.25, -0.2) is 8.42 Å². The summed E-state index contributed by atoms with van der Waals surface area (Å²) in [5, 5.41) is 6.91. The van der Waals surface area contributed by atoms with Gasteiger partial charge in [0.15, 0.2) is 0 Å².